The van der Waals surface area contributed by atoms with Crippen molar-refractivity contribution in [1.29, 1.82) is 0 Å². The molecule has 1 saturated heterocycles. The number of rotatable bonds is 8. The van der Waals surface area contributed by atoms with Gasteiger partial charge in [-0.15, -0.1) is 11.6 Å². The zero-order valence-electron chi connectivity index (χ0n) is 19.2. The van der Waals surface area contributed by atoms with E-state index in [-0.39, 0.29) is 30.5 Å². The Hall–Kier alpha value is -3.17. The number of fused-ring (bicyclic) bond motifs is 1. The minimum absolute atomic E-state index is 0.00386. The van der Waals surface area contributed by atoms with Gasteiger partial charge in [-0.2, -0.15) is 0 Å². The van der Waals surface area contributed by atoms with Crippen LogP contribution in [-0.2, 0) is 42.9 Å². The number of carbonyl (C=O) groups is 3. The van der Waals surface area contributed by atoms with Crippen LogP contribution < -0.4 is 10.1 Å². The van der Waals surface area contributed by atoms with Crippen LogP contribution in [0.25, 0.3) is 0 Å². The van der Waals surface area contributed by atoms with Gasteiger partial charge in [0.15, 0.2) is 0 Å². The summed E-state index contributed by atoms with van der Waals surface area (Å²) in [6, 6.07) is 15.1. The highest BCUT2D eigenvalue weighted by molar-refractivity contribution is 7.86. The Bertz CT molecular complexity index is 1180. The topological polar surface area (TPSA) is 102 Å². The first kappa shape index (κ1) is 24.9. The molecule has 1 fully saturated rings. The maximum atomic E-state index is 13.2. The number of benzene rings is 2. The van der Waals surface area contributed by atoms with Gasteiger partial charge in [0.2, 0.25) is 5.91 Å². The Morgan fingerprint density at radius 3 is 2.40 bits per heavy atom. The summed E-state index contributed by atoms with van der Waals surface area (Å²) in [4.78, 5) is 39.8. The van der Waals surface area contributed by atoms with Crippen molar-refractivity contribution >= 4 is 40.2 Å². The van der Waals surface area contributed by atoms with Gasteiger partial charge >= 0.3 is 5.97 Å². The molecule has 0 aromatic heterocycles. The molecule has 1 N–H and O–H groups in total. The molecule has 2 heterocycles. The molecule has 2 aromatic carbocycles. The van der Waals surface area contributed by atoms with Crippen molar-refractivity contribution in [2.75, 3.05) is 13.0 Å². The van der Waals surface area contributed by atoms with E-state index in [0.717, 1.165) is 16.0 Å². The van der Waals surface area contributed by atoms with Crippen LogP contribution in [0.1, 0.15) is 18.1 Å². The highest BCUT2D eigenvalue weighted by Gasteiger charge is 2.58. The van der Waals surface area contributed by atoms with Crippen molar-refractivity contribution < 1.29 is 28.1 Å². The number of amides is 2. The van der Waals surface area contributed by atoms with E-state index in [1.807, 2.05) is 30.3 Å². The zero-order valence-corrected chi connectivity index (χ0v) is 20.8. The lowest BCUT2D eigenvalue weighted by Crippen LogP contribution is -2.74. The number of hydrogen-bond acceptors (Lipinski definition) is 6. The first-order valence-corrected chi connectivity index (χ1v) is 12.8. The van der Waals surface area contributed by atoms with Gasteiger partial charge in [-0.3, -0.25) is 18.7 Å². The first-order chi connectivity index (χ1) is 16.8. The number of ether oxygens (including phenoxy) is 2. The third-order valence-corrected chi connectivity index (χ3v) is 8.28. The summed E-state index contributed by atoms with van der Waals surface area (Å²) in [7, 11) is -0.0144. The number of carbonyl (C=O) groups excluding carboxylic acids is 3. The summed E-state index contributed by atoms with van der Waals surface area (Å²) in [5.74, 6) is -1.02. The van der Waals surface area contributed by atoms with E-state index in [1.54, 1.807) is 38.3 Å². The van der Waals surface area contributed by atoms with Gasteiger partial charge in [-0.1, -0.05) is 42.5 Å². The fourth-order valence-electron chi connectivity index (χ4n) is 4.12. The van der Waals surface area contributed by atoms with Crippen LogP contribution >= 0.6 is 11.6 Å². The molecule has 1 unspecified atom stereocenters. The van der Waals surface area contributed by atoms with Crippen LogP contribution in [0, 0.1) is 0 Å². The average molecular weight is 517 g/mol. The molecule has 0 saturated carbocycles. The minimum atomic E-state index is -1.57. The van der Waals surface area contributed by atoms with Crippen LogP contribution in [0.5, 0.6) is 5.75 Å². The van der Waals surface area contributed by atoms with E-state index in [4.69, 9.17) is 21.1 Å². The molecule has 4 atom stereocenters. The van der Waals surface area contributed by atoms with Crippen molar-refractivity contribution in [2.45, 2.75) is 36.6 Å². The lowest BCUT2D eigenvalue weighted by molar-refractivity contribution is -0.153. The van der Waals surface area contributed by atoms with E-state index in [1.165, 1.54) is 0 Å². The normalized spacial score (nSPS) is 23.3. The number of alkyl halides is 1. The van der Waals surface area contributed by atoms with Crippen LogP contribution in [0.4, 0.5) is 0 Å². The summed E-state index contributed by atoms with van der Waals surface area (Å²) in [5.41, 5.74) is 1.91. The maximum Gasteiger partial charge on any atom is 0.355 e. The molecule has 0 spiro atoms. The number of β-lactam (4-membered cyclic amide) rings is 1. The third-order valence-electron chi connectivity index (χ3n) is 6.06. The molecule has 2 aliphatic rings. The molecular weight excluding hydrogens is 492 g/mol. The maximum absolute atomic E-state index is 13.2. The number of nitrogens with zero attached hydrogens (tertiary/aromatic N) is 1. The Labute approximate surface area is 210 Å². The van der Waals surface area contributed by atoms with E-state index in [2.05, 4.69) is 5.32 Å². The Kier molecular flexibility index (Phi) is 7.57. The fourth-order valence-corrected chi connectivity index (χ4v) is 6.33. The highest BCUT2D eigenvalue weighted by Crippen LogP contribution is 2.39. The summed E-state index contributed by atoms with van der Waals surface area (Å²) >= 11 is 6.10. The Balaban J connectivity index is 1.50. The van der Waals surface area contributed by atoms with Crippen LogP contribution in [0.15, 0.2) is 65.9 Å². The molecule has 2 amide bonds. The molecule has 35 heavy (non-hydrogen) atoms. The number of halogens is 1. The zero-order chi connectivity index (χ0) is 25.1. The third kappa shape index (κ3) is 4.97. The molecule has 0 radical (unpaired) electrons. The van der Waals surface area contributed by atoms with Crippen LogP contribution in [0.2, 0.25) is 0 Å². The van der Waals surface area contributed by atoms with Gasteiger partial charge in [-0.05, 0) is 35.8 Å². The lowest BCUT2D eigenvalue weighted by Gasteiger charge is -2.50. The van der Waals surface area contributed by atoms with Gasteiger partial charge < -0.3 is 14.8 Å². The van der Waals surface area contributed by atoms with E-state index >= 15 is 0 Å². The van der Waals surface area contributed by atoms with Gasteiger partial charge in [0, 0.05) is 5.88 Å². The number of hydrogen-bond donors (Lipinski definition) is 1. The molecule has 2 aromatic rings. The predicted molar refractivity (Wildman–Crippen MR) is 131 cm³/mol. The molecule has 184 valence electrons. The standard InChI is InChI=1S/C25H25ClN2O6S/c1-15-19(13-26)22(25(31)34-14-17-8-10-18(33-2)11-9-17)28-23(30)21(24(28)35(15)32)27-20(29)12-16-6-4-3-5-7-16/h3-11,15,21,24H,12-14H2,1-2H3,(H,27,29)/t15-,21-,24-,35?/m1/s1. The van der Waals surface area contributed by atoms with Crippen molar-refractivity contribution in [3.05, 3.63) is 77.0 Å². The first-order valence-electron chi connectivity index (χ1n) is 11.0. The van der Waals surface area contributed by atoms with Gasteiger partial charge in [0.25, 0.3) is 5.91 Å². The second-order valence-corrected chi connectivity index (χ2v) is 10.3. The summed E-state index contributed by atoms with van der Waals surface area (Å²) < 4.78 is 23.8. The molecule has 4 rings (SSSR count). The van der Waals surface area contributed by atoms with Gasteiger partial charge in [-0.25, -0.2) is 4.79 Å². The smallest absolute Gasteiger partial charge is 0.355 e. The van der Waals surface area contributed by atoms with Crippen LogP contribution in [-0.4, -0.2) is 56.5 Å². The Morgan fingerprint density at radius 2 is 1.77 bits per heavy atom. The van der Waals surface area contributed by atoms with Crippen molar-refractivity contribution in [3.63, 3.8) is 0 Å². The molecule has 8 nitrogen and oxygen atoms in total. The van der Waals surface area contributed by atoms with Crippen molar-refractivity contribution in [2.24, 2.45) is 0 Å². The van der Waals surface area contributed by atoms with Gasteiger partial charge in [0.05, 0.1) is 29.6 Å². The van der Waals surface area contributed by atoms with E-state index < -0.39 is 39.3 Å². The quantitative estimate of drug-likeness (QED) is 0.328. The fraction of sp³-hybridized carbons (Fsp3) is 0.320. The molecule has 0 bridgehead atoms. The largest absolute Gasteiger partial charge is 0.497 e. The predicted octanol–water partition coefficient (Wildman–Crippen LogP) is 2.28. The average Bonchev–Trinajstić information content (AvgIpc) is 2.87. The summed E-state index contributed by atoms with van der Waals surface area (Å²) in [6.07, 6.45) is 0.0824. The molecule has 10 heteroatoms. The molecule has 2 aliphatic heterocycles. The molecule has 0 aliphatic carbocycles. The SMILES string of the molecule is COc1ccc(COC(=O)C2=C(CCl)[C@@H](C)S(=O)[C@@H]3[C@H](NC(=O)Cc4ccccc4)C(=O)N23)cc1. The van der Waals surface area contributed by atoms with Crippen molar-refractivity contribution in [1.82, 2.24) is 10.2 Å². The number of methoxy groups -OCH3 is 1. The second kappa shape index (κ2) is 10.6. The van der Waals surface area contributed by atoms with Crippen molar-refractivity contribution in [3.8, 4) is 5.75 Å². The van der Waals surface area contributed by atoms with E-state index in [0.29, 0.717) is 11.3 Å². The summed E-state index contributed by atoms with van der Waals surface area (Å²) in [6.45, 7) is 1.66. The molecular formula is C25H25ClN2O6S. The number of esters is 1. The highest BCUT2D eigenvalue weighted by atomic mass is 35.5. The second-order valence-electron chi connectivity index (χ2n) is 8.21. The monoisotopic (exact) mass is 516 g/mol. The lowest BCUT2D eigenvalue weighted by atomic mass is 10.0. The van der Waals surface area contributed by atoms with Crippen LogP contribution in [0.3, 0.4) is 0 Å². The summed E-state index contributed by atoms with van der Waals surface area (Å²) in [5, 5.41) is 1.23. The van der Waals surface area contributed by atoms with Gasteiger partial charge in [0.1, 0.15) is 29.5 Å². The Morgan fingerprint density at radius 1 is 1.09 bits per heavy atom. The number of nitrogens with one attached hydrogen (secondary N) is 1. The van der Waals surface area contributed by atoms with E-state index in [9.17, 15) is 18.6 Å². The minimum Gasteiger partial charge on any atom is -0.497 e.